The molecule has 84 valence electrons. The lowest BCUT2D eigenvalue weighted by atomic mass is 10.1. The molecule has 1 unspecified atom stereocenters. The third kappa shape index (κ3) is 3.55. The van der Waals surface area contributed by atoms with E-state index < -0.39 is 18.3 Å². The van der Waals surface area contributed by atoms with Crippen molar-refractivity contribution in [3.8, 4) is 0 Å². The van der Waals surface area contributed by atoms with Gasteiger partial charge in [-0.15, -0.1) is 0 Å². The Hall–Kier alpha value is -1.03. The van der Waals surface area contributed by atoms with Crippen LogP contribution in [0.25, 0.3) is 0 Å². The molecule has 0 spiro atoms. The van der Waals surface area contributed by atoms with Crippen LogP contribution < -0.4 is 5.32 Å². The summed E-state index contributed by atoms with van der Waals surface area (Å²) in [5.74, 6) is -0.489. The second kappa shape index (κ2) is 5.75. The van der Waals surface area contributed by atoms with Gasteiger partial charge < -0.3 is 5.32 Å². The summed E-state index contributed by atoms with van der Waals surface area (Å²) in [6, 6.07) is 4.24. The Labute approximate surface area is 87.3 Å². The molecule has 0 saturated heterocycles. The molecule has 0 aliphatic carbocycles. The van der Waals surface area contributed by atoms with Crippen molar-refractivity contribution < 1.29 is 13.2 Å². The fourth-order valence-electron chi connectivity index (χ4n) is 1.35. The average Bonchev–Trinajstić information content (AvgIpc) is 2.18. The molecule has 1 rings (SSSR count). The van der Waals surface area contributed by atoms with Gasteiger partial charge in [0.15, 0.2) is 0 Å². The highest BCUT2D eigenvalue weighted by atomic mass is 19.3. The molecule has 0 saturated carbocycles. The lowest BCUT2D eigenvalue weighted by Crippen LogP contribution is -2.28. The highest BCUT2D eigenvalue weighted by Gasteiger charge is 2.21. The van der Waals surface area contributed by atoms with E-state index in [9.17, 15) is 13.2 Å². The average molecular weight is 217 g/mol. The minimum Gasteiger partial charge on any atom is -0.305 e. The van der Waals surface area contributed by atoms with Crippen molar-refractivity contribution in [1.82, 2.24) is 5.32 Å². The molecule has 0 heterocycles. The topological polar surface area (TPSA) is 12.0 Å². The number of alkyl halides is 2. The summed E-state index contributed by atoms with van der Waals surface area (Å²) in [4.78, 5) is 0. The van der Waals surface area contributed by atoms with E-state index in [0.29, 0.717) is 12.1 Å². The SMILES string of the molecule is CCCNC(c1cccc(F)c1)C(F)F. The zero-order valence-electron chi connectivity index (χ0n) is 8.51. The first-order chi connectivity index (χ1) is 7.15. The number of nitrogens with one attached hydrogen (secondary N) is 1. The Balaban J connectivity index is 2.79. The van der Waals surface area contributed by atoms with Crippen LogP contribution in [0.3, 0.4) is 0 Å². The highest BCUT2D eigenvalue weighted by molar-refractivity contribution is 5.20. The molecular weight excluding hydrogens is 203 g/mol. The van der Waals surface area contributed by atoms with Crippen LogP contribution in [0.1, 0.15) is 24.9 Å². The quantitative estimate of drug-likeness (QED) is 0.799. The van der Waals surface area contributed by atoms with Crippen LogP contribution >= 0.6 is 0 Å². The maximum atomic E-state index is 12.8. The van der Waals surface area contributed by atoms with Gasteiger partial charge in [0.2, 0.25) is 0 Å². The van der Waals surface area contributed by atoms with Crippen molar-refractivity contribution in [3.05, 3.63) is 35.6 Å². The summed E-state index contributed by atoms with van der Waals surface area (Å²) in [5, 5.41) is 2.70. The Morgan fingerprint density at radius 2 is 2.07 bits per heavy atom. The Morgan fingerprint density at radius 3 is 2.60 bits per heavy atom. The van der Waals surface area contributed by atoms with Gasteiger partial charge in [0.25, 0.3) is 6.43 Å². The standard InChI is InChI=1S/C11H14F3N/c1-2-6-15-10(11(13)14)8-4-3-5-9(12)7-8/h3-5,7,10-11,15H,2,6H2,1H3. The Bertz CT molecular complexity index is 302. The van der Waals surface area contributed by atoms with Crippen LogP contribution in [-0.4, -0.2) is 13.0 Å². The molecule has 0 aliphatic heterocycles. The van der Waals surface area contributed by atoms with Crippen LogP contribution in [0.5, 0.6) is 0 Å². The van der Waals surface area contributed by atoms with E-state index >= 15 is 0 Å². The van der Waals surface area contributed by atoms with Gasteiger partial charge in [-0.25, -0.2) is 13.2 Å². The molecule has 0 radical (unpaired) electrons. The number of hydrogen-bond acceptors (Lipinski definition) is 1. The number of halogens is 3. The zero-order valence-corrected chi connectivity index (χ0v) is 8.51. The van der Waals surface area contributed by atoms with Crippen LogP contribution in [0.15, 0.2) is 24.3 Å². The molecule has 1 aromatic rings. The highest BCUT2D eigenvalue weighted by Crippen LogP contribution is 2.21. The molecule has 0 bridgehead atoms. The van der Waals surface area contributed by atoms with E-state index in [2.05, 4.69) is 5.32 Å². The van der Waals surface area contributed by atoms with Crippen molar-refractivity contribution in [3.63, 3.8) is 0 Å². The maximum absolute atomic E-state index is 12.8. The van der Waals surface area contributed by atoms with Gasteiger partial charge in [-0.2, -0.15) is 0 Å². The molecular formula is C11H14F3N. The fourth-order valence-corrected chi connectivity index (χ4v) is 1.35. The first kappa shape index (κ1) is 12.0. The molecule has 0 aliphatic rings. The van der Waals surface area contributed by atoms with Gasteiger partial charge in [0, 0.05) is 0 Å². The van der Waals surface area contributed by atoms with Crippen molar-refractivity contribution in [2.75, 3.05) is 6.54 Å². The minimum atomic E-state index is -2.53. The predicted octanol–water partition coefficient (Wildman–Crippen LogP) is 3.13. The Morgan fingerprint density at radius 1 is 1.33 bits per heavy atom. The van der Waals surface area contributed by atoms with E-state index in [1.807, 2.05) is 6.92 Å². The van der Waals surface area contributed by atoms with E-state index in [1.165, 1.54) is 18.2 Å². The smallest absolute Gasteiger partial charge is 0.257 e. The number of rotatable bonds is 5. The van der Waals surface area contributed by atoms with Crippen LogP contribution in [0, 0.1) is 5.82 Å². The molecule has 4 heteroatoms. The van der Waals surface area contributed by atoms with Crippen molar-refractivity contribution in [2.24, 2.45) is 0 Å². The van der Waals surface area contributed by atoms with E-state index in [1.54, 1.807) is 0 Å². The summed E-state index contributed by atoms with van der Waals surface area (Å²) in [7, 11) is 0. The van der Waals surface area contributed by atoms with Gasteiger partial charge >= 0.3 is 0 Å². The normalized spacial score (nSPS) is 13.1. The van der Waals surface area contributed by atoms with E-state index in [4.69, 9.17) is 0 Å². The summed E-state index contributed by atoms with van der Waals surface area (Å²) in [6.45, 7) is 2.38. The summed E-state index contributed by atoms with van der Waals surface area (Å²) < 4.78 is 38.2. The Kier molecular flexibility index (Phi) is 4.62. The number of hydrogen-bond donors (Lipinski definition) is 1. The maximum Gasteiger partial charge on any atom is 0.257 e. The molecule has 1 N–H and O–H groups in total. The van der Waals surface area contributed by atoms with Gasteiger partial charge in [0.1, 0.15) is 5.82 Å². The lowest BCUT2D eigenvalue weighted by Gasteiger charge is -2.17. The third-order valence-corrected chi connectivity index (χ3v) is 2.07. The van der Waals surface area contributed by atoms with Crippen LogP contribution in [0.4, 0.5) is 13.2 Å². The van der Waals surface area contributed by atoms with Crippen LogP contribution in [0.2, 0.25) is 0 Å². The first-order valence-corrected chi connectivity index (χ1v) is 4.92. The van der Waals surface area contributed by atoms with Crippen molar-refractivity contribution >= 4 is 0 Å². The molecule has 15 heavy (non-hydrogen) atoms. The monoisotopic (exact) mass is 217 g/mol. The minimum absolute atomic E-state index is 0.290. The summed E-state index contributed by atoms with van der Waals surface area (Å²) in [5.41, 5.74) is 0.290. The summed E-state index contributed by atoms with van der Waals surface area (Å²) >= 11 is 0. The first-order valence-electron chi connectivity index (χ1n) is 4.92. The zero-order chi connectivity index (χ0) is 11.3. The second-order valence-corrected chi connectivity index (χ2v) is 3.32. The van der Waals surface area contributed by atoms with Crippen molar-refractivity contribution in [2.45, 2.75) is 25.8 Å². The van der Waals surface area contributed by atoms with Gasteiger partial charge in [-0.3, -0.25) is 0 Å². The third-order valence-electron chi connectivity index (χ3n) is 2.07. The van der Waals surface area contributed by atoms with Gasteiger partial charge in [-0.05, 0) is 30.7 Å². The van der Waals surface area contributed by atoms with E-state index in [-0.39, 0.29) is 0 Å². The van der Waals surface area contributed by atoms with Gasteiger partial charge in [-0.1, -0.05) is 19.1 Å². The van der Waals surface area contributed by atoms with Crippen LogP contribution in [-0.2, 0) is 0 Å². The second-order valence-electron chi connectivity index (χ2n) is 3.32. The summed E-state index contributed by atoms with van der Waals surface area (Å²) in [6.07, 6.45) is -1.77. The van der Waals surface area contributed by atoms with E-state index in [0.717, 1.165) is 12.5 Å². The molecule has 1 atom stereocenters. The molecule has 1 aromatic carbocycles. The van der Waals surface area contributed by atoms with Gasteiger partial charge in [0.05, 0.1) is 6.04 Å². The molecule has 0 fully saturated rings. The number of benzene rings is 1. The van der Waals surface area contributed by atoms with Crippen molar-refractivity contribution in [1.29, 1.82) is 0 Å². The fraction of sp³-hybridized carbons (Fsp3) is 0.455. The molecule has 0 amide bonds. The molecule has 0 aromatic heterocycles. The lowest BCUT2D eigenvalue weighted by molar-refractivity contribution is 0.0984. The predicted molar refractivity (Wildman–Crippen MR) is 53.4 cm³/mol. The molecule has 1 nitrogen and oxygen atoms in total. The largest absolute Gasteiger partial charge is 0.305 e.